The molecule has 0 amide bonds. The molecule has 1 aliphatic carbocycles. The van der Waals surface area contributed by atoms with Crippen LogP contribution < -0.4 is 5.32 Å². The van der Waals surface area contributed by atoms with Gasteiger partial charge >= 0.3 is 5.97 Å². The Morgan fingerprint density at radius 2 is 2.06 bits per heavy atom. The molecule has 0 bridgehead atoms. The molecule has 0 heterocycles. The van der Waals surface area contributed by atoms with Crippen LogP contribution in [0.15, 0.2) is 24.3 Å². The van der Waals surface area contributed by atoms with Crippen LogP contribution in [0.1, 0.15) is 29.6 Å². The molecule has 0 aliphatic heterocycles. The molecule has 0 radical (unpaired) electrons. The van der Waals surface area contributed by atoms with Crippen molar-refractivity contribution >= 4 is 23.4 Å². The molecule has 0 spiro atoms. The molecule has 3 nitrogen and oxygen atoms in total. The van der Waals surface area contributed by atoms with Crippen LogP contribution in [0.4, 0.5) is 5.69 Å². The van der Waals surface area contributed by atoms with E-state index in [1.165, 1.54) is 19.3 Å². The number of thioether (sulfide) groups is 1. The molecule has 2 N–H and O–H groups in total. The summed E-state index contributed by atoms with van der Waals surface area (Å²) in [6.45, 7) is 0. The minimum absolute atomic E-state index is 0.337. The van der Waals surface area contributed by atoms with Crippen molar-refractivity contribution < 1.29 is 9.90 Å². The highest BCUT2D eigenvalue weighted by Gasteiger charge is 2.23. The summed E-state index contributed by atoms with van der Waals surface area (Å²) in [7, 11) is 0. The molecule has 1 fully saturated rings. The molecule has 1 saturated carbocycles. The molecule has 0 aromatic heterocycles. The highest BCUT2D eigenvalue weighted by Crippen LogP contribution is 2.30. The van der Waals surface area contributed by atoms with Crippen LogP contribution in [0.3, 0.4) is 0 Å². The Bertz CT molecular complexity index is 391. The van der Waals surface area contributed by atoms with Crippen molar-refractivity contribution in [3.63, 3.8) is 0 Å². The summed E-state index contributed by atoms with van der Waals surface area (Å²) in [5.74, 6) is -0.875. The predicted octanol–water partition coefficient (Wildman–Crippen LogP) is 3.08. The van der Waals surface area contributed by atoms with Crippen LogP contribution in [0.25, 0.3) is 0 Å². The van der Waals surface area contributed by atoms with E-state index in [9.17, 15) is 4.79 Å². The maximum atomic E-state index is 10.7. The first-order chi connectivity index (χ1) is 8.19. The number of anilines is 1. The van der Waals surface area contributed by atoms with Crippen LogP contribution in [0, 0.1) is 0 Å². The van der Waals surface area contributed by atoms with Crippen molar-refractivity contribution in [2.24, 2.45) is 0 Å². The first-order valence-electron chi connectivity index (χ1n) is 5.81. The largest absolute Gasteiger partial charge is 0.478 e. The zero-order valence-corrected chi connectivity index (χ0v) is 10.7. The first-order valence-corrected chi connectivity index (χ1v) is 7.10. The number of hydrogen-bond donors (Lipinski definition) is 2. The van der Waals surface area contributed by atoms with E-state index in [2.05, 4.69) is 11.6 Å². The Morgan fingerprint density at radius 1 is 1.35 bits per heavy atom. The molecule has 1 aromatic rings. The lowest BCUT2D eigenvalue weighted by Crippen LogP contribution is -2.15. The van der Waals surface area contributed by atoms with Crippen molar-refractivity contribution in [3.8, 4) is 0 Å². The van der Waals surface area contributed by atoms with Crippen molar-refractivity contribution in [3.05, 3.63) is 29.8 Å². The average molecular weight is 251 g/mol. The fourth-order valence-electron chi connectivity index (χ4n) is 2.23. The SMILES string of the molecule is CSC1CCC(Nc2ccc(C(=O)O)cc2)C1. The third-order valence-corrected chi connectivity index (χ3v) is 4.32. The number of carboxylic acids is 1. The number of hydrogen-bond acceptors (Lipinski definition) is 3. The monoisotopic (exact) mass is 251 g/mol. The smallest absolute Gasteiger partial charge is 0.335 e. The molecule has 4 heteroatoms. The van der Waals surface area contributed by atoms with Gasteiger partial charge in [0.25, 0.3) is 0 Å². The van der Waals surface area contributed by atoms with Crippen molar-refractivity contribution in [2.45, 2.75) is 30.6 Å². The summed E-state index contributed by atoms with van der Waals surface area (Å²) in [4.78, 5) is 10.7. The summed E-state index contributed by atoms with van der Waals surface area (Å²) < 4.78 is 0. The molecule has 2 unspecified atom stereocenters. The van der Waals surface area contributed by atoms with Crippen LogP contribution in [0.5, 0.6) is 0 Å². The normalized spacial score (nSPS) is 23.6. The van der Waals surface area contributed by atoms with E-state index in [0.29, 0.717) is 11.6 Å². The van der Waals surface area contributed by atoms with Crippen LogP contribution in [-0.2, 0) is 0 Å². The third kappa shape index (κ3) is 3.16. The summed E-state index contributed by atoms with van der Waals surface area (Å²) in [5, 5.41) is 13.0. The second-order valence-electron chi connectivity index (χ2n) is 4.39. The lowest BCUT2D eigenvalue weighted by molar-refractivity contribution is 0.0697. The van der Waals surface area contributed by atoms with Gasteiger partial charge in [-0.15, -0.1) is 0 Å². The average Bonchev–Trinajstić information content (AvgIpc) is 2.77. The second kappa shape index (κ2) is 5.45. The molecule has 17 heavy (non-hydrogen) atoms. The van der Waals surface area contributed by atoms with Gasteiger partial charge in [-0.1, -0.05) is 0 Å². The molecule has 92 valence electrons. The quantitative estimate of drug-likeness (QED) is 0.863. The third-order valence-electron chi connectivity index (χ3n) is 3.22. The van der Waals surface area contributed by atoms with E-state index in [1.807, 2.05) is 23.9 Å². The van der Waals surface area contributed by atoms with Gasteiger partial charge in [0.05, 0.1) is 5.56 Å². The Hall–Kier alpha value is -1.16. The van der Waals surface area contributed by atoms with Gasteiger partial charge in [0.1, 0.15) is 0 Å². The van der Waals surface area contributed by atoms with Gasteiger partial charge < -0.3 is 10.4 Å². The van der Waals surface area contributed by atoms with E-state index >= 15 is 0 Å². The van der Waals surface area contributed by atoms with E-state index in [-0.39, 0.29) is 0 Å². The Morgan fingerprint density at radius 3 is 2.59 bits per heavy atom. The van der Waals surface area contributed by atoms with Gasteiger partial charge in [-0.3, -0.25) is 0 Å². The van der Waals surface area contributed by atoms with Gasteiger partial charge in [-0.25, -0.2) is 4.79 Å². The summed E-state index contributed by atoms with van der Waals surface area (Å²) in [5.41, 5.74) is 1.35. The number of carboxylic acid groups (broad SMARTS) is 1. The van der Waals surface area contributed by atoms with Gasteiger partial charge in [0.2, 0.25) is 0 Å². The summed E-state index contributed by atoms with van der Waals surface area (Å²) in [6, 6.07) is 7.51. The lowest BCUT2D eigenvalue weighted by atomic mass is 10.2. The van der Waals surface area contributed by atoms with Gasteiger partial charge in [0.15, 0.2) is 0 Å². The fraction of sp³-hybridized carbons (Fsp3) is 0.462. The Labute approximate surface area is 106 Å². The number of rotatable bonds is 4. The number of aromatic carboxylic acids is 1. The summed E-state index contributed by atoms with van der Waals surface area (Å²) >= 11 is 1.94. The first kappa shape index (κ1) is 12.3. The van der Waals surface area contributed by atoms with Crippen molar-refractivity contribution in [2.75, 3.05) is 11.6 Å². The van der Waals surface area contributed by atoms with Gasteiger partial charge in [-0.05, 0) is 49.8 Å². The van der Waals surface area contributed by atoms with E-state index < -0.39 is 5.97 Å². The molecular formula is C13H17NO2S. The van der Waals surface area contributed by atoms with E-state index in [0.717, 1.165) is 10.9 Å². The van der Waals surface area contributed by atoms with Crippen LogP contribution >= 0.6 is 11.8 Å². The number of benzene rings is 1. The Kier molecular flexibility index (Phi) is 3.94. The predicted molar refractivity (Wildman–Crippen MR) is 72.0 cm³/mol. The van der Waals surface area contributed by atoms with Crippen molar-refractivity contribution in [1.82, 2.24) is 0 Å². The fourth-order valence-corrected chi connectivity index (χ4v) is 3.03. The van der Waals surface area contributed by atoms with Gasteiger partial charge in [0, 0.05) is 17.0 Å². The zero-order chi connectivity index (χ0) is 12.3. The zero-order valence-electron chi connectivity index (χ0n) is 9.85. The highest BCUT2D eigenvalue weighted by molar-refractivity contribution is 7.99. The Balaban J connectivity index is 1.93. The second-order valence-corrected chi connectivity index (χ2v) is 5.53. The van der Waals surface area contributed by atoms with E-state index in [1.54, 1.807) is 12.1 Å². The lowest BCUT2D eigenvalue weighted by Gasteiger charge is -2.14. The highest BCUT2D eigenvalue weighted by atomic mass is 32.2. The molecule has 1 aromatic carbocycles. The van der Waals surface area contributed by atoms with E-state index in [4.69, 9.17) is 5.11 Å². The number of nitrogens with one attached hydrogen (secondary N) is 1. The van der Waals surface area contributed by atoms with Gasteiger partial charge in [-0.2, -0.15) is 11.8 Å². The maximum Gasteiger partial charge on any atom is 0.335 e. The van der Waals surface area contributed by atoms with Crippen LogP contribution in [0.2, 0.25) is 0 Å². The molecule has 1 aliphatic rings. The molecule has 2 rings (SSSR count). The molecular weight excluding hydrogens is 234 g/mol. The minimum atomic E-state index is -0.875. The maximum absolute atomic E-state index is 10.7. The molecule has 2 atom stereocenters. The standard InChI is InChI=1S/C13H17NO2S/c1-17-12-7-6-11(8-12)14-10-4-2-9(3-5-10)13(15)16/h2-5,11-12,14H,6-8H2,1H3,(H,15,16). The van der Waals surface area contributed by atoms with Crippen LogP contribution in [-0.4, -0.2) is 28.6 Å². The summed E-state index contributed by atoms with van der Waals surface area (Å²) in [6.07, 6.45) is 5.83. The van der Waals surface area contributed by atoms with Crippen molar-refractivity contribution in [1.29, 1.82) is 0 Å². The molecule has 0 saturated heterocycles. The topological polar surface area (TPSA) is 49.3 Å². The number of carbonyl (C=O) groups is 1. The minimum Gasteiger partial charge on any atom is -0.478 e.